The molecule has 1 atom stereocenters. The van der Waals surface area contributed by atoms with Crippen LogP contribution in [0.4, 0.5) is 0 Å². The predicted octanol–water partition coefficient (Wildman–Crippen LogP) is 4.20. The van der Waals surface area contributed by atoms with E-state index in [1.165, 1.54) is 6.92 Å². The van der Waals surface area contributed by atoms with E-state index in [-0.39, 0.29) is 5.97 Å². The number of carbonyl (C=O) groups excluding carboxylic acids is 1. The maximum atomic E-state index is 11.4. The highest BCUT2D eigenvalue weighted by Crippen LogP contribution is 2.43. The molecule has 0 amide bonds. The number of hydrogen-bond donors (Lipinski definition) is 1. The molecular weight excluding hydrogens is 358 g/mol. The van der Waals surface area contributed by atoms with Crippen LogP contribution in [-0.2, 0) is 26.5 Å². The van der Waals surface area contributed by atoms with Gasteiger partial charge in [-0.1, -0.05) is 11.6 Å². The quantitative estimate of drug-likeness (QED) is 0.763. The van der Waals surface area contributed by atoms with Crippen molar-refractivity contribution < 1.29 is 14.3 Å². The fraction of sp³-hybridized carbons (Fsp3) is 0.400. The van der Waals surface area contributed by atoms with E-state index in [0.717, 1.165) is 38.6 Å². The van der Waals surface area contributed by atoms with Gasteiger partial charge < -0.3 is 14.5 Å². The molecule has 1 aromatic carbocycles. The van der Waals surface area contributed by atoms with Crippen molar-refractivity contribution in [3.63, 3.8) is 0 Å². The molecule has 0 saturated carbocycles. The number of aryl methyl sites for hydroxylation is 1. The van der Waals surface area contributed by atoms with Crippen LogP contribution in [0.3, 0.4) is 0 Å². The molecule has 2 aromatic rings. The zero-order valence-electron chi connectivity index (χ0n) is 12.0. The number of H-pyrrole nitrogens is 1. The predicted molar refractivity (Wildman–Crippen MR) is 84.5 cm³/mol. The zero-order chi connectivity index (χ0) is 15.4. The Labute approximate surface area is 135 Å². The topological polar surface area (TPSA) is 51.3 Å². The fourth-order valence-electron chi connectivity index (χ4n) is 2.90. The molecule has 1 N–H and O–H groups in total. The third-order valence-electron chi connectivity index (χ3n) is 3.77. The largest absolute Gasteiger partial charge is 0.427 e. The summed E-state index contributed by atoms with van der Waals surface area (Å²) < 4.78 is 12.1. The molecule has 1 aromatic heterocycles. The van der Waals surface area contributed by atoms with E-state index >= 15 is 0 Å². The molecule has 0 fully saturated rings. The van der Waals surface area contributed by atoms with Crippen LogP contribution in [0.25, 0.3) is 10.9 Å². The van der Waals surface area contributed by atoms with Crippen LogP contribution in [0.1, 0.15) is 30.7 Å². The van der Waals surface area contributed by atoms with E-state index in [2.05, 4.69) is 20.9 Å². The SMILES string of the molecule is CC(=O)OC1(C)OCCc2c1[nH]c1c(Cl)cc(C)c(Br)c21. The molecule has 1 unspecified atom stereocenters. The maximum absolute atomic E-state index is 11.4. The summed E-state index contributed by atoms with van der Waals surface area (Å²) in [7, 11) is 0. The zero-order valence-corrected chi connectivity index (χ0v) is 14.3. The van der Waals surface area contributed by atoms with Crippen molar-refractivity contribution in [2.45, 2.75) is 33.0 Å². The Morgan fingerprint density at radius 3 is 2.95 bits per heavy atom. The monoisotopic (exact) mass is 371 g/mol. The van der Waals surface area contributed by atoms with Crippen LogP contribution < -0.4 is 0 Å². The summed E-state index contributed by atoms with van der Waals surface area (Å²) in [6.07, 6.45) is 0.741. The number of aromatic amines is 1. The molecule has 0 spiro atoms. The van der Waals surface area contributed by atoms with Gasteiger partial charge in [-0.15, -0.1) is 0 Å². The van der Waals surface area contributed by atoms with E-state index < -0.39 is 5.79 Å². The smallest absolute Gasteiger partial charge is 0.305 e. The number of fused-ring (bicyclic) bond motifs is 3. The Balaban J connectivity index is 2.31. The molecule has 2 heterocycles. The Bertz CT molecular complexity index is 755. The average Bonchev–Trinajstić information content (AvgIpc) is 2.77. The fourth-order valence-corrected chi connectivity index (χ4v) is 3.75. The summed E-state index contributed by atoms with van der Waals surface area (Å²) >= 11 is 9.99. The van der Waals surface area contributed by atoms with Crippen LogP contribution in [0.5, 0.6) is 0 Å². The lowest BCUT2D eigenvalue weighted by molar-refractivity contribution is -0.234. The highest BCUT2D eigenvalue weighted by Gasteiger charge is 2.39. The number of halogens is 2. The van der Waals surface area contributed by atoms with Gasteiger partial charge in [-0.25, -0.2) is 0 Å². The summed E-state index contributed by atoms with van der Waals surface area (Å²) in [4.78, 5) is 14.7. The number of carbonyl (C=O) groups is 1. The standard InChI is InChI=1S/C15H15BrClNO3/c1-7-6-10(17)13-11(12(7)16)9-4-5-20-15(3,14(9)18-13)21-8(2)19/h6,18H,4-5H2,1-3H3. The van der Waals surface area contributed by atoms with Crippen molar-refractivity contribution in [1.29, 1.82) is 0 Å². The Morgan fingerprint density at radius 2 is 2.29 bits per heavy atom. The first-order valence-electron chi connectivity index (χ1n) is 6.66. The van der Waals surface area contributed by atoms with E-state index in [0.29, 0.717) is 11.6 Å². The van der Waals surface area contributed by atoms with Gasteiger partial charge in [0, 0.05) is 23.7 Å². The molecule has 0 radical (unpaired) electrons. The second-order valence-electron chi connectivity index (χ2n) is 5.36. The minimum absolute atomic E-state index is 0.384. The van der Waals surface area contributed by atoms with Crippen LogP contribution in [0.2, 0.25) is 5.02 Å². The minimum Gasteiger partial charge on any atom is -0.427 e. The highest BCUT2D eigenvalue weighted by molar-refractivity contribution is 9.10. The number of ether oxygens (including phenoxy) is 2. The highest BCUT2D eigenvalue weighted by atomic mass is 79.9. The Kier molecular flexibility index (Phi) is 3.55. The van der Waals surface area contributed by atoms with Crippen molar-refractivity contribution >= 4 is 44.4 Å². The van der Waals surface area contributed by atoms with Crippen LogP contribution in [-0.4, -0.2) is 17.6 Å². The van der Waals surface area contributed by atoms with Gasteiger partial charge in [0.2, 0.25) is 0 Å². The summed E-state index contributed by atoms with van der Waals surface area (Å²) in [6, 6.07) is 1.90. The van der Waals surface area contributed by atoms with E-state index in [1.807, 2.05) is 13.0 Å². The van der Waals surface area contributed by atoms with Gasteiger partial charge in [-0.3, -0.25) is 4.79 Å². The minimum atomic E-state index is -1.10. The average molecular weight is 373 g/mol. The third kappa shape index (κ3) is 2.28. The first kappa shape index (κ1) is 14.9. The van der Waals surface area contributed by atoms with Gasteiger partial charge >= 0.3 is 5.97 Å². The van der Waals surface area contributed by atoms with Crippen LogP contribution in [0, 0.1) is 6.92 Å². The number of rotatable bonds is 1. The first-order valence-corrected chi connectivity index (χ1v) is 7.84. The maximum Gasteiger partial charge on any atom is 0.305 e. The lowest BCUT2D eigenvalue weighted by atomic mass is 10.00. The van der Waals surface area contributed by atoms with Gasteiger partial charge in [0.25, 0.3) is 5.79 Å². The summed E-state index contributed by atoms with van der Waals surface area (Å²) in [5.41, 5.74) is 3.74. The summed E-state index contributed by atoms with van der Waals surface area (Å²) in [5, 5.41) is 1.68. The Hall–Kier alpha value is -1.04. The van der Waals surface area contributed by atoms with Crippen molar-refractivity contribution in [2.24, 2.45) is 0 Å². The number of hydrogen-bond acceptors (Lipinski definition) is 3. The van der Waals surface area contributed by atoms with Crippen molar-refractivity contribution in [3.05, 3.63) is 32.4 Å². The van der Waals surface area contributed by atoms with E-state index in [4.69, 9.17) is 21.1 Å². The van der Waals surface area contributed by atoms with Crippen molar-refractivity contribution in [2.75, 3.05) is 6.61 Å². The molecule has 21 heavy (non-hydrogen) atoms. The normalized spacial score (nSPS) is 21.4. The lowest BCUT2D eigenvalue weighted by Crippen LogP contribution is -2.36. The number of esters is 1. The van der Waals surface area contributed by atoms with Gasteiger partial charge in [0.1, 0.15) is 0 Å². The van der Waals surface area contributed by atoms with Crippen molar-refractivity contribution in [3.8, 4) is 0 Å². The summed E-state index contributed by atoms with van der Waals surface area (Å²) in [5.74, 6) is -1.49. The Morgan fingerprint density at radius 1 is 1.57 bits per heavy atom. The molecule has 1 aliphatic heterocycles. The van der Waals surface area contributed by atoms with Gasteiger partial charge in [-0.05, 0) is 46.5 Å². The first-order chi connectivity index (χ1) is 9.83. The lowest BCUT2D eigenvalue weighted by Gasteiger charge is -2.32. The number of aromatic nitrogens is 1. The third-order valence-corrected chi connectivity index (χ3v) is 5.09. The molecule has 0 bridgehead atoms. The molecule has 0 aliphatic carbocycles. The number of nitrogens with one attached hydrogen (secondary N) is 1. The van der Waals surface area contributed by atoms with E-state index in [1.54, 1.807) is 6.92 Å². The van der Waals surface area contributed by atoms with E-state index in [9.17, 15) is 4.79 Å². The molecule has 6 heteroatoms. The van der Waals surface area contributed by atoms with Gasteiger partial charge in [0.15, 0.2) is 0 Å². The molecule has 3 rings (SSSR count). The summed E-state index contributed by atoms with van der Waals surface area (Å²) in [6.45, 7) is 5.61. The van der Waals surface area contributed by atoms with Crippen molar-refractivity contribution in [1.82, 2.24) is 4.98 Å². The number of benzene rings is 1. The molecular formula is C15H15BrClNO3. The second-order valence-corrected chi connectivity index (χ2v) is 6.56. The van der Waals surface area contributed by atoms with Gasteiger partial charge in [0.05, 0.1) is 22.8 Å². The van der Waals surface area contributed by atoms with Crippen LogP contribution in [0.15, 0.2) is 10.5 Å². The second kappa shape index (κ2) is 5.00. The molecule has 4 nitrogen and oxygen atoms in total. The van der Waals surface area contributed by atoms with Crippen LogP contribution >= 0.6 is 27.5 Å². The molecule has 112 valence electrons. The molecule has 0 saturated heterocycles. The van der Waals surface area contributed by atoms with Gasteiger partial charge in [-0.2, -0.15) is 0 Å². The molecule has 1 aliphatic rings.